The summed E-state index contributed by atoms with van der Waals surface area (Å²) in [5.41, 5.74) is 0. The third-order valence-electron chi connectivity index (χ3n) is 1.99. The summed E-state index contributed by atoms with van der Waals surface area (Å²) in [6, 6.07) is 0. The van der Waals surface area contributed by atoms with E-state index in [0.29, 0.717) is 12.3 Å². The molecular weight excluding hydrogens is 140 g/mol. The number of amides is 1. The third kappa shape index (κ3) is 2.50. The number of hydrogen-bond acceptors (Lipinski definition) is 2. The summed E-state index contributed by atoms with van der Waals surface area (Å²) in [6.07, 6.45) is 0.707. The minimum Gasteiger partial charge on any atom is -0.356 e. The van der Waals surface area contributed by atoms with E-state index in [1.165, 1.54) is 0 Å². The topological polar surface area (TPSA) is 32.3 Å². The number of nitrogens with one attached hydrogen (secondary N) is 1. The lowest BCUT2D eigenvalue weighted by atomic mass is 9.97. The summed E-state index contributed by atoms with van der Waals surface area (Å²) in [7, 11) is 2.08. The maximum absolute atomic E-state index is 11.0. The maximum Gasteiger partial charge on any atom is 0.220 e. The number of nitrogens with zero attached hydrogens (tertiary/aromatic N) is 1. The summed E-state index contributed by atoms with van der Waals surface area (Å²) in [4.78, 5) is 13.2. The van der Waals surface area contributed by atoms with Crippen LogP contribution in [0.4, 0.5) is 0 Å². The van der Waals surface area contributed by atoms with Crippen LogP contribution in [-0.4, -0.2) is 37.5 Å². The van der Waals surface area contributed by atoms with Gasteiger partial charge in [-0.3, -0.25) is 4.79 Å². The summed E-state index contributed by atoms with van der Waals surface area (Å²) in [6.45, 7) is 4.86. The molecule has 0 aromatic carbocycles. The normalized spacial score (nSPS) is 19.5. The number of carbonyl (C=O) groups is 1. The van der Waals surface area contributed by atoms with Gasteiger partial charge in [0.05, 0.1) is 0 Å². The summed E-state index contributed by atoms with van der Waals surface area (Å²) < 4.78 is 0. The van der Waals surface area contributed by atoms with Gasteiger partial charge in [0.2, 0.25) is 5.91 Å². The number of carbonyl (C=O) groups excluding carboxylic acids is 1. The Hall–Kier alpha value is -0.570. The molecule has 1 fully saturated rings. The average molecular weight is 156 g/mol. The number of rotatable bonds is 3. The van der Waals surface area contributed by atoms with Gasteiger partial charge in [-0.15, -0.1) is 0 Å². The highest BCUT2D eigenvalue weighted by Gasteiger charge is 2.24. The maximum atomic E-state index is 11.0. The lowest BCUT2D eigenvalue weighted by Crippen LogP contribution is -2.45. The molecule has 1 aliphatic heterocycles. The van der Waals surface area contributed by atoms with Crippen LogP contribution in [0.25, 0.3) is 0 Å². The van der Waals surface area contributed by atoms with E-state index in [0.717, 1.165) is 19.6 Å². The molecule has 0 aromatic heterocycles. The monoisotopic (exact) mass is 156 g/mol. The molecule has 0 spiro atoms. The largest absolute Gasteiger partial charge is 0.356 e. The Balaban J connectivity index is 2.07. The van der Waals surface area contributed by atoms with Crippen LogP contribution in [-0.2, 0) is 4.79 Å². The summed E-state index contributed by atoms with van der Waals surface area (Å²) in [5, 5.41) is 2.80. The molecule has 3 nitrogen and oxygen atoms in total. The first-order valence-electron chi connectivity index (χ1n) is 4.17. The second-order valence-corrected chi connectivity index (χ2v) is 3.24. The van der Waals surface area contributed by atoms with Crippen LogP contribution >= 0.6 is 0 Å². The fourth-order valence-corrected chi connectivity index (χ4v) is 1.49. The molecule has 1 amide bonds. The van der Waals surface area contributed by atoms with Gasteiger partial charge in [0.1, 0.15) is 0 Å². The van der Waals surface area contributed by atoms with E-state index < -0.39 is 0 Å². The van der Waals surface area contributed by atoms with Crippen molar-refractivity contribution in [1.29, 1.82) is 0 Å². The van der Waals surface area contributed by atoms with Crippen molar-refractivity contribution in [3.8, 4) is 0 Å². The van der Waals surface area contributed by atoms with Crippen LogP contribution in [0, 0.1) is 5.92 Å². The Morgan fingerprint density at radius 2 is 2.27 bits per heavy atom. The molecule has 11 heavy (non-hydrogen) atoms. The molecule has 1 N–H and O–H groups in total. The molecule has 64 valence electrons. The van der Waals surface area contributed by atoms with Crippen LogP contribution in [0.3, 0.4) is 0 Å². The average Bonchev–Trinajstić information content (AvgIpc) is 1.85. The predicted molar refractivity (Wildman–Crippen MR) is 44.3 cm³/mol. The SMILES string of the molecule is CCNC(=O)CC1CN(C)C1. The molecular formula is C8H16N2O. The quantitative estimate of drug-likeness (QED) is 0.627. The Morgan fingerprint density at radius 1 is 1.64 bits per heavy atom. The summed E-state index contributed by atoms with van der Waals surface area (Å²) >= 11 is 0. The first kappa shape index (κ1) is 8.53. The predicted octanol–water partition coefficient (Wildman–Crippen LogP) is 0.0742. The van der Waals surface area contributed by atoms with Gasteiger partial charge in [-0.2, -0.15) is 0 Å². The van der Waals surface area contributed by atoms with Crippen molar-refractivity contribution >= 4 is 5.91 Å². The summed E-state index contributed by atoms with van der Waals surface area (Å²) in [5.74, 6) is 0.803. The van der Waals surface area contributed by atoms with Crippen molar-refractivity contribution in [2.24, 2.45) is 5.92 Å². The molecule has 0 aliphatic carbocycles. The van der Waals surface area contributed by atoms with Crippen LogP contribution in [0.1, 0.15) is 13.3 Å². The van der Waals surface area contributed by atoms with Crippen molar-refractivity contribution in [3.05, 3.63) is 0 Å². The number of likely N-dealkylation sites (tertiary alicyclic amines) is 1. The van der Waals surface area contributed by atoms with Crippen molar-refractivity contribution in [2.75, 3.05) is 26.7 Å². The molecule has 0 unspecified atom stereocenters. The zero-order valence-electron chi connectivity index (χ0n) is 7.26. The minimum atomic E-state index is 0.200. The van der Waals surface area contributed by atoms with Gasteiger partial charge in [0.25, 0.3) is 0 Å². The molecule has 1 rings (SSSR count). The van der Waals surface area contributed by atoms with Gasteiger partial charge >= 0.3 is 0 Å². The zero-order chi connectivity index (χ0) is 8.27. The Morgan fingerprint density at radius 3 is 2.73 bits per heavy atom. The second-order valence-electron chi connectivity index (χ2n) is 3.24. The van der Waals surface area contributed by atoms with E-state index in [1.54, 1.807) is 0 Å². The Bertz CT molecular complexity index is 141. The standard InChI is InChI=1S/C8H16N2O/c1-3-9-8(11)4-7-5-10(2)6-7/h7H,3-6H2,1-2H3,(H,9,11). The Kier molecular flexibility index (Phi) is 2.88. The molecule has 0 aromatic rings. The van der Waals surface area contributed by atoms with Crippen LogP contribution < -0.4 is 5.32 Å². The van der Waals surface area contributed by atoms with E-state index in [-0.39, 0.29) is 5.91 Å². The lowest BCUT2D eigenvalue weighted by Gasteiger charge is -2.35. The van der Waals surface area contributed by atoms with E-state index in [2.05, 4.69) is 17.3 Å². The molecule has 0 radical (unpaired) electrons. The molecule has 0 atom stereocenters. The van der Waals surface area contributed by atoms with E-state index >= 15 is 0 Å². The van der Waals surface area contributed by atoms with Crippen molar-refractivity contribution < 1.29 is 4.79 Å². The van der Waals surface area contributed by atoms with Crippen molar-refractivity contribution in [3.63, 3.8) is 0 Å². The highest BCUT2D eigenvalue weighted by atomic mass is 16.1. The fourth-order valence-electron chi connectivity index (χ4n) is 1.49. The van der Waals surface area contributed by atoms with E-state index in [9.17, 15) is 4.79 Å². The highest BCUT2D eigenvalue weighted by Crippen LogP contribution is 2.15. The van der Waals surface area contributed by atoms with Gasteiger partial charge in [0, 0.05) is 26.1 Å². The first-order valence-corrected chi connectivity index (χ1v) is 4.17. The smallest absolute Gasteiger partial charge is 0.220 e. The van der Waals surface area contributed by atoms with E-state index in [4.69, 9.17) is 0 Å². The van der Waals surface area contributed by atoms with Gasteiger partial charge < -0.3 is 10.2 Å². The van der Waals surface area contributed by atoms with Gasteiger partial charge in [-0.25, -0.2) is 0 Å². The highest BCUT2D eigenvalue weighted by molar-refractivity contribution is 5.76. The molecule has 1 saturated heterocycles. The van der Waals surface area contributed by atoms with Gasteiger partial charge in [0.15, 0.2) is 0 Å². The van der Waals surface area contributed by atoms with Gasteiger partial charge in [-0.1, -0.05) is 0 Å². The zero-order valence-corrected chi connectivity index (χ0v) is 7.26. The second kappa shape index (κ2) is 3.72. The molecule has 0 saturated carbocycles. The molecule has 3 heteroatoms. The number of hydrogen-bond donors (Lipinski definition) is 1. The van der Waals surface area contributed by atoms with Crippen LogP contribution in [0.2, 0.25) is 0 Å². The lowest BCUT2D eigenvalue weighted by molar-refractivity contribution is -0.123. The van der Waals surface area contributed by atoms with Crippen molar-refractivity contribution in [1.82, 2.24) is 10.2 Å². The molecule has 0 bridgehead atoms. The minimum absolute atomic E-state index is 0.200. The first-order chi connectivity index (χ1) is 5.22. The fraction of sp³-hybridized carbons (Fsp3) is 0.875. The molecule has 1 aliphatic rings. The Labute approximate surface area is 67.8 Å². The van der Waals surface area contributed by atoms with Crippen LogP contribution in [0.15, 0.2) is 0 Å². The third-order valence-corrected chi connectivity index (χ3v) is 1.99. The molecule has 1 heterocycles. The van der Waals surface area contributed by atoms with Crippen molar-refractivity contribution in [2.45, 2.75) is 13.3 Å². The van der Waals surface area contributed by atoms with E-state index in [1.807, 2.05) is 6.92 Å². The van der Waals surface area contributed by atoms with Crippen LogP contribution in [0.5, 0.6) is 0 Å². The van der Waals surface area contributed by atoms with Gasteiger partial charge in [-0.05, 0) is 19.9 Å².